The van der Waals surface area contributed by atoms with E-state index in [-0.39, 0.29) is 42.2 Å². The molecule has 2 atom stereocenters. The molecule has 3 aromatic rings. The molecule has 3 heterocycles. The second-order valence-electron chi connectivity index (χ2n) is 9.93. The quantitative estimate of drug-likeness (QED) is 0.435. The number of ether oxygens (including phenoxy) is 1. The van der Waals surface area contributed by atoms with Crippen LogP contribution in [0, 0.1) is 5.92 Å². The number of benzene rings is 1. The van der Waals surface area contributed by atoms with Crippen LogP contribution >= 0.6 is 11.6 Å². The van der Waals surface area contributed by atoms with Crippen LogP contribution in [0.4, 0.5) is 0 Å². The van der Waals surface area contributed by atoms with Gasteiger partial charge in [-0.2, -0.15) is 0 Å². The summed E-state index contributed by atoms with van der Waals surface area (Å²) in [6.45, 7) is 4.64. The normalized spacial score (nSPS) is 16.2. The first kappa shape index (κ1) is 27.6. The molecule has 4 rings (SSSR count). The first-order chi connectivity index (χ1) is 18.1. The fourth-order valence-electron chi connectivity index (χ4n) is 4.83. The Kier molecular flexibility index (Phi) is 8.37. The van der Waals surface area contributed by atoms with E-state index in [0.717, 1.165) is 17.4 Å². The number of aromatic nitrogens is 4. The zero-order chi connectivity index (χ0) is 27.6. The van der Waals surface area contributed by atoms with Gasteiger partial charge >= 0.3 is 5.69 Å². The van der Waals surface area contributed by atoms with Gasteiger partial charge in [0.1, 0.15) is 12.6 Å². The topological polar surface area (TPSA) is 120 Å². The molecule has 2 aromatic heterocycles. The number of hydrogen-bond acceptors (Lipinski definition) is 6. The molecule has 11 nitrogen and oxygen atoms in total. The van der Waals surface area contributed by atoms with Crippen molar-refractivity contribution in [3.8, 4) is 0 Å². The summed E-state index contributed by atoms with van der Waals surface area (Å²) in [5.41, 5.74) is -0.0697. The lowest BCUT2D eigenvalue weighted by molar-refractivity contribution is -0.143. The molecule has 1 fully saturated rings. The van der Waals surface area contributed by atoms with E-state index in [2.05, 4.69) is 10.3 Å². The number of aryl methyl sites for hydroxylation is 1. The van der Waals surface area contributed by atoms with E-state index in [4.69, 9.17) is 16.3 Å². The highest BCUT2D eigenvalue weighted by Gasteiger charge is 2.34. The summed E-state index contributed by atoms with van der Waals surface area (Å²) < 4.78 is 9.28. The minimum Gasteiger partial charge on any atom is -0.376 e. The molecule has 0 spiro atoms. The monoisotopic (exact) mass is 544 g/mol. The number of hydrogen-bond donors (Lipinski definition) is 1. The average molecular weight is 545 g/mol. The molecule has 2 amide bonds. The number of fused-ring (bicyclic) bond motifs is 1. The maximum absolute atomic E-state index is 13.9. The van der Waals surface area contributed by atoms with Crippen molar-refractivity contribution >= 4 is 34.6 Å². The fourth-order valence-corrected chi connectivity index (χ4v) is 5.03. The molecular weight excluding hydrogens is 512 g/mol. The molecule has 1 saturated heterocycles. The van der Waals surface area contributed by atoms with Crippen LogP contribution in [-0.4, -0.2) is 60.7 Å². The van der Waals surface area contributed by atoms with Crippen LogP contribution in [0.5, 0.6) is 0 Å². The molecule has 204 valence electrons. The van der Waals surface area contributed by atoms with Gasteiger partial charge in [-0.25, -0.2) is 9.78 Å². The predicted molar refractivity (Wildman–Crippen MR) is 143 cm³/mol. The number of carbonyl (C=O) groups excluding carboxylic acids is 2. The Hall–Kier alpha value is -3.44. The minimum atomic E-state index is -0.804. The largest absolute Gasteiger partial charge is 0.376 e. The Morgan fingerprint density at radius 2 is 1.95 bits per heavy atom. The van der Waals surface area contributed by atoms with Crippen LogP contribution in [0.1, 0.15) is 32.3 Å². The number of halogens is 1. The maximum atomic E-state index is 13.9. The van der Waals surface area contributed by atoms with Crippen molar-refractivity contribution in [2.24, 2.45) is 20.0 Å². The van der Waals surface area contributed by atoms with Crippen molar-refractivity contribution < 1.29 is 14.3 Å². The molecule has 1 N–H and O–H groups in total. The van der Waals surface area contributed by atoms with Gasteiger partial charge in [0.15, 0.2) is 11.2 Å². The molecule has 1 aliphatic rings. The molecule has 1 aliphatic heterocycles. The Morgan fingerprint density at radius 3 is 2.61 bits per heavy atom. The summed E-state index contributed by atoms with van der Waals surface area (Å²) in [5.74, 6) is -0.907. The Labute approximate surface area is 225 Å². The van der Waals surface area contributed by atoms with Crippen molar-refractivity contribution in [3.63, 3.8) is 0 Å². The number of nitrogens with one attached hydrogen (secondary N) is 1. The number of imidazole rings is 1. The molecule has 1 aromatic carbocycles. The number of nitrogens with zero attached hydrogens (tertiary/aromatic N) is 5. The van der Waals surface area contributed by atoms with Gasteiger partial charge in [-0.15, -0.1) is 0 Å². The zero-order valence-electron chi connectivity index (χ0n) is 22.0. The summed E-state index contributed by atoms with van der Waals surface area (Å²) >= 11 is 6.43. The van der Waals surface area contributed by atoms with Crippen LogP contribution in [0.2, 0.25) is 5.02 Å². The van der Waals surface area contributed by atoms with E-state index in [1.165, 1.54) is 34.5 Å². The van der Waals surface area contributed by atoms with Gasteiger partial charge in [-0.05, 0) is 30.4 Å². The van der Waals surface area contributed by atoms with E-state index < -0.39 is 23.2 Å². The molecule has 0 saturated carbocycles. The maximum Gasteiger partial charge on any atom is 0.332 e. The third-order valence-electron chi connectivity index (χ3n) is 6.91. The zero-order valence-corrected chi connectivity index (χ0v) is 22.8. The van der Waals surface area contributed by atoms with E-state index in [1.807, 2.05) is 26.0 Å². The van der Waals surface area contributed by atoms with E-state index in [9.17, 15) is 19.2 Å². The van der Waals surface area contributed by atoms with Gasteiger partial charge in [-0.1, -0.05) is 43.6 Å². The summed E-state index contributed by atoms with van der Waals surface area (Å²) in [4.78, 5) is 58.2. The lowest BCUT2D eigenvalue weighted by Gasteiger charge is -2.34. The molecular formula is C26H33ClN6O5. The Morgan fingerprint density at radius 1 is 1.21 bits per heavy atom. The minimum absolute atomic E-state index is 0.0420. The number of amides is 2. The average Bonchev–Trinajstić information content (AvgIpc) is 3.56. The third kappa shape index (κ3) is 5.53. The standard InChI is InChI=1S/C26H33ClN6O5/c1-16(2)21(24(35)28-12-18-9-7-11-38-18)33(13-17-8-5-6-10-19(17)27)20(34)14-32-15-29-23-22(32)25(36)31(4)26(37)30(23)3/h5-6,8,10,15-16,18,21H,7,9,11-14H2,1-4H3,(H,28,35). The lowest BCUT2D eigenvalue weighted by atomic mass is 10.00. The van der Waals surface area contributed by atoms with Crippen LogP contribution in [0.25, 0.3) is 11.2 Å². The van der Waals surface area contributed by atoms with Crippen LogP contribution in [-0.2, 0) is 41.5 Å². The van der Waals surface area contributed by atoms with Crippen molar-refractivity contribution in [2.45, 2.75) is 51.9 Å². The smallest absolute Gasteiger partial charge is 0.332 e. The summed E-state index contributed by atoms with van der Waals surface area (Å²) in [6.07, 6.45) is 3.15. The molecule has 12 heteroatoms. The molecule has 0 bridgehead atoms. The van der Waals surface area contributed by atoms with Crippen molar-refractivity contribution in [1.82, 2.24) is 28.9 Å². The van der Waals surface area contributed by atoms with Gasteiger partial charge in [0, 0.05) is 38.8 Å². The van der Waals surface area contributed by atoms with Crippen LogP contribution in [0.3, 0.4) is 0 Å². The van der Waals surface area contributed by atoms with Crippen molar-refractivity contribution in [3.05, 3.63) is 62.0 Å². The van der Waals surface area contributed by atoms with Gasteiger partial charge in [0.25, 0.3) is 5.56 Å². The lowest BCUT2D eigenvalue weighted by Crippen LogP contribution is -2.53. The van der Waals surface area contributed by atoms with Crippen molar-refractivity contribution in [1.29, 1.82) is 0 Å². The predicted octanol–water partition coefficient (Wildman–Crippen LogP) is 1.44. The highest BCUT2D eigenvalue weighted by Crippen LogP contribution is 2.22. The number of rotatable bonds is 9. The highest BCUT2D eigenvalue weighted by molar-refractivity contribution is 6.31. The second-order valence-corrected chi connectivity index (χ2v) is 10.3. The summed E-state index contributed by atoms with van der Waals surface area (Å²) in [7, 11) is 2.89. The third-order valence-corrected chi connectivity index (χ3v) is 7.27. The van der Waals surface area contributed by atoms with E-state index >= 15 is 0 Å². The number of carbonyl (C=O) groups is 2. The van der Waals surface area contributed by atoms with E-state index in [1.54, 1.807) is 12.1 Å². The fraction of sp³-hybridized carbons (Fsp3) is 0.500. The van der Waals surface area contributed by atoms with Gasteiger partial charge in [0.2, 0.25) is 11.8 Å². The highest BCUT2D eigenvalue weighted by atomic mass is 35.5. The molecule has 2 unspecified atom stereocenters. The Balaban J connectivity index is 1.68. The van der Waals surface area contributed by atoms with Crippen LogP contribution < -0.4 is 16.6 Å². The molecule has 0 aliphatic carbocycles. The molecule has 0 radical (unpaired) electrons. The van der Waals surface area contributed by atoms with Gasteiger partial charge < -0.3 is 19.5 Å². The molecule has 38 heavy (non-hydrogen) atoms. The summed E-state index contributed by atoms with van der Waals surface area (Å²) in [6, 6.07) is 6.35. The van der Waals surface area contributed by atoms with Gasteiger partial charge in [-0.3, -0.25) is 23.5 Å². The summed E-state index contributed by atoms with van der Waals surface area (Å²) in [5, 5.41) is 3.44. The van der Waals surface area contributed by atoms with Crippen molar-refractivity contribution in [2.75, 3.05) is 13.2 Å². The first-order valence-corrected chi connectivity index (χ1v) is 13.0. The SMILES string of the molecule is CC(C)C(C(=O)NCC1CCCO1)N(Cc1ccccc1Cl)C(=O)Cn1cnc2c1c(=O)n(C)c(=O)n2C. The Bertz CT molecular complexity index is 1450. The van der Waals surface area contributed by atoms with Gasteiger partial charge in [0.05, 0.1) is 12.4 Å². The second kappa shape index (κ2) is 11.5. The van der Waals surface area contributed by atoms with Crippen LogP contribution in [0.15, 0.2) is 40.2 Å². The first-order valence-electron chi connectivity index (χ1n) is 12.6. The van der Waals surface area contributed by atoms with E-state index in [0.29, 0.717) is 23.7 Å².